The molecule has 9 rings (SSSR count). The van der Waals surface area contributed by atoms with Crippen LogP contribution in [-0.2, 0) is 10.2 Å². The van der Waals surface area contributed by atoms with Crippen molar-refractivity contribution < 1.29 is 9.59 Å². The van der Waals surface area contributed by atoms with Crippen molar-refractivity contribution in [3.63, 3.8) is 0 Å². The number of fused-ring (bicyclic) bond motifs is 11. The van der Waals surface area contributed by atoms with Gasteiger partial charge >= 0.3 is 6.03 Å². The minimum absolute atomic E-state index is 0.0111. The number of pyridine rings is 1. The van der Waals surface area contributed by atoms with Gasteiger partial charge in [0.15, 0.2) is 0 Å². The van der Waals surface area contributed by atoms with Gasteiger partial charge in [-0.2, -0.15) is 0 Å². The van der Waals surface area contributed by atoms with Gasteiger partial charge in [0.2, 0.25) is 5.91 Å². The second-order valence-corrected chi connectivity index (χ2v) is 15.0. The summed E-state index contributed by atoms with van der Waals surface area (Å²) in [5.41, 5.74) is 8.51. The summed E-state index contributed by atoms with van der Waals surface area (Å²) in [6, 6.07) is 17.8. The highest BCUT2D eigenvalue weighted by atomic mass is 16.2. The smallest absolute Gasteiger partial charge is 0.317 e. The summed E-state index contributed by atoms with van der Waals surface area (Å²) in [4.78, 5) is 40.2. The van der Waals surface area contributed by atoms with E-state index < -0.39 is 5.41 Å². The summed E-state index contributed by atoms with van der Waals surface area (Å²) < 4.78 is 0. The highest BCUT2D eigenvalue weighted by Crippen LogP contribution is 2.45. The summed E-state index contributed by atoms with van der Waals surface area (Å²) in [5, 5.41) is 4.45. The van der Waals surface area contributed by atoms with E-state index in [1.165, 1.54) is 35.1 Å². The number of nitrogens with zero attached hydrogens (tertiary/aromatic N) is 3. The number of urea groups is 1. The Bertz CT molecular complexity index is 1820. The Kier molecular flexibility index (Phi) is 7.00. The quantitative estimate of drug-likeness (QED) is 0.249. The first kappa shape index (κ1) is 29.3. The fourth-order valence-corrected chi connectivity index (χ4v) is 8.99. The van der Waals surface area contributed by atoms with Crippen molar-refractivity contribution in [2.45, 2.75) is 89.1 Å². The van der Waals surface area contributed by atoms with Crippen molar-refractivity contribution in [2.75, 3.05) is 19.6 Å². The van der Waals surface area contributed by atoms with Crippen LogP contribution in [0.15, 0.2) is 60.9 Å². The minimum atomic E-state index is -0.632. The Labute approximate surface area is 271 Å². The van der Waals surface area contributed by atoms with Gasteiger partial charge in [0.1, 0.15) is 0 Å². The van der Waals surface area contributed by atoms with Crippen molar-refractivity contribution in [3.8, 4) is 11.3 Å². The molecular weight excluding hydrogens is 570 g/mol. The maximum Gasteiger partial charge on any atom is 0.317 e. The number of amides is 3. The first-order valence-corrected chi connectivity index (χ1v) is 17.2. The number of piperidine rings is 2. The van der Waals surface area contributed by atoms with Crippen LogP contribution in [0.25, 0.3) is 22.2 Å². The molecule has 6 heterocycles. The van der Waals surface area contributed by atoms with Crippen LogP contribution in [0.5, 0.6) is 0 Å². The summed E-state index contributed by atoms with van der Waals surface area (Å²) in [7, 11) is 0. The summed E-state index contributed by atoms with van der Waals surface area (Å²) >= 11 is 0. The molecule has 3 amide bonds. The van der Waals surface area contributed by atoms with Gasteiger partial charge in [-0.1, -0.05) is 24.6 Å². The van der Waals surface area contributed by atoms with Gasteiger partial charge < -0.3 is 20.1 Å². The van der Waals surface area contributed by atoms with Gasteiger partial charge in [0.05, 0.1) is 17.2 Å². The van der Waals surface area contributed by atoms with Gasteiger partial charge in [-0.15, -0.1) is 0 Å². The second kappa shape index (κ2) is 11.0. The number of rotatable bonds is 3. The second-order valence-electron chi connectivity index (χ2n) is 15.0. The summed E-state index contributed by atoms with van der Waals surface area (Å²) in [5.74, 6) is 1.22. The average Bonchev–Trinajstić information content (AvgIpc) is 3.70. The van der Waals surface area contributed by atoms with Gasteiger partial charge in [0.25, 0.3) is 0 Å². The predicted molar refractivity (Wildman–Crippen MR) is 182 cm³/mol. The third kappa shape index (κ3) is 4.81. The Morgan fingerprint density at radius 3 is 2.48 bits per heavy atom. The molecule has 3 saturated heterocycles. The maximum absolute atomic E-state index is 14.1. The van der Waals surface area contributed by atoms with Crippen LogP contribution in [-0.4, -0.2) is 57.4 Å². The number of H-pyrrole nitrogens is 1. The van der Waals surface area contributed by atoms with E-state index in [1.54, 1.807) is 0 Å². The van der Waals surface area contributed by atoms with E-state index in [2.05, 4.69) is 96.4 Å². The highest BCUT2D eigenvalue weighted by molar-refractivity contribution is 5.95. The molecule has 0 radical (unpaired) electrons. The summed E-state index contributed by atoms with van der Waals surface area (Å²) in [6.45, 7) is 10.7. The SMILES string of the molecule is Cc1cc2cc(c1)C1CC(c3ccncc3)CN1C(=O)NC[C@@H](C)c1c-2[nH]c2ccc(C(C)(C)C(=O)N3CC4CCC3CC4)cc12. The van der Waals surface area contributed by atoms with Crippen molar-refractivity contribution in [2.24, 2.45) is 5.92 Å². The van der Waals surface area contributed by atoms with E-state index in [0.717, 1.165) is 53.5 Å². The maximum atomic E-state index is 14.1. The van der Waals surface area contributed by atoms with Crippen LogP contribution in [0.3, 0.4) is 0 Å². The third-order valence-corrected chi connectivity index (χ3v) is 11.6. The zero-order valence-electron chi connectivity index (χ0n) is 27.5. The number of aryl methyl sites for hydroxylation is 1. The number of nitrogens with one attached hydrogen (secondary N) is 2. The van der Waals surface area contributed by atoms with E-state index in [4.69, 9.17) is 0 Å². The van der Waals surface area contributed by atoms with E-state index in [9.17, 15) is 9.59 Å². The minimum Gasteiger partial charge on any atom is -0.354 e. The Hall–Kier alpha value is -4.13. The average molecular weight is 616 g/mol. The molecule has 238 valence electrons. The molecule has 3 atom stereocenters. The number of aromatic amines is 1. The van der Waals surface area contributed by atoms with Crippen LogP contribution in [0.1, 0.15) is 98.6 Å². The molecule has 46 heavy (non-hydrogen) atoms. The first-order chi connectivity index (χ1) is 22.2. The molecule has 4 bridgehead atoms. The number of aromatic nitrogens is 2. The molecule has 7 heteroatoms. The monoisotopic (exact) mass is 615 g/mol. The van der Waals surface area contributed by atoms with Gasteiger partial charge in [0, 0.05) is 60.8 Å². The molecule has 2 aromatic carbocycles. The summed E-state index contributed by atoms with van der Waals surface area (Å²) in [6.07, 6.45) is 9.36. The van der Waals surface area contributed by atoms with E-state index in [0.29, 0.717) is 25.0 Å². The Morgan fingerprint density at radius 1 is 0.957 bits per heavy atom. The van der Waals surface area contributed by atoms with Crippen LogP contribution in [0.4, 0.5) is 4.79 Å². The molecule has 7 nitrogen and oxygen atoms in total. The molecule has 1 aliphatic carbocycles. The lowest BCUT2D eigenvalue weighted by Gasteiger charge is -2.47. The van der Waals surface area contributed by atoms with Gasteiger partial charge in [-0.3, -0.25) is 9.78 Å². The number of carbonyl (C=O) groups is 2. The fourth-order valence-electron chi connectivity index (χ4n) is 8.99. The standard InChI is InChI=1S/C39H45N5O2/c1-23-15-27-17-28(16-23)36-35(24(2)20-41-38(46)44-22-29(18-34(27)44)26-11-13-40-14-12-26)32-19-30(7-10-33(32)42-36)39(3,4)37(45)43-21-25-5-8-31(43)9-6-25/h7,10-17,19,24-25,29,31,34,42H,5-6,8-9,18,20-22H2,1-4H3,(H,41,46)/t24-,25?,29?,31?,34?/m1/s1. The van der Waals surface area contributed by atoms with Crippen molar-refractivity contribution in [3.05, 3.63) is 88.7 Å². The predicted octanol–water partition coefficient (Wildman–Crippen LogP) is 7.57. The van der Waals surface area contributed by atoms with Crippen molar-refractivity contribution >= 4 is 22.8 Å². The van der Waals surface area contributed by atoms with Crippen LogP contribution in [0, 0.1) is 12.8 Å². The molecule has 4 aliphatic heterocycles. The molecule has 5 aliphatic rings. The largest absolute Gasteiger partial charge is 0.354 e. The zero-order valence-corrected chi connectivity index (χ0v) is 27.5. The lowest BCUT2D eigenvalue weighted by Crippen LogP contribution is -2.55. The van der Waals surface area contributed by atoms with E-state index in [1.807, 2.05) is 17.3 Å². The molecule has 1 saturated carbocycles. The number of carbonyl (C=O) groups excluding carboxylic acids is 2. The molecule has 4 fully saturated rings. The first-order valence-electron chi connectivity index (χ1n) is 17.2. The number of hydrogen-bond acceptors (Lipinski definition) is 3. The molecule has 0 spiro atoms. The van der Waals surface area contributed by atoms with Crippen LogP contribution in [0.2, 0.25) is 0 Å². The molecule has 2 aromatic heterocycles. The zero-order chi connectivity index (χ0) is 31.7. The lowest BCUT2D eigenvalue weighted by molar-refractivity contribution is -0.144. The fraction of sp³-hybridized carbons (Fsp3) is 0.462. The molecule has 2 N–H and O–H groups in total. The highest BCUT2D eigenvalue weighted by Gasteiger charge is 2.43. The lowest BCUT2D eigenvalue weighted by atomic mass is 9.76. The van der Waals surface area contributed by atoms with E-state index in [-0.39, 0.29) is 29.8 Å². The Morgan fingerprint density at radius 2 is 1.74 bits per heavy atom. The van der Waals surface area contributed by atoms with Crippen LogP contribution >= 0.6 is 0 Å². The van der Waals surface area contributed by atoms with Gasteiger partial charge in [-0.25, -0.2) is 4.79 Å². The van der Waals surface area contributed by atoms with Gasteiger partial charge in [-0.05, 0) is 123 Å². The topological polar surface area (TPSA) is 81.3 Å². The van der Waals surface area contributed by atoms with E-state index >= 15 is 0 Å². The van der Waals surface area contributed by atoms with Crippen molar-refractivity contribution in [1.29, 1.82) is 0 Å². The van der Waals surface area contributed by atoms with Crippen molar-refractivity contribution in [1.82, 2.24) is 25.1 Å². The molecule has 4 aromatic rings. The Balaban J connectivity index is 1.20. The third-order valence-electron chi connectivity index (χ3n) is 11.6. The van der Waals surface area contributed by atoms with Crippen LogP contribution < -0.4 is 5.32 Å². The molecule has 2 unspecified atom stereocenters. The molecular formula is C39H45N5O2. The normalized spacial score (nSPS) is 26.0. The number of benzene rings is 2. The number of hydrogen-bond donors (Lipinski definition) is 2.